The van der Waals surface area contributed by atoms with Gasteiger partial charge in [-0.15, -0.1) is 0 Å². The van der Waals surface area contributed by atoms with E-state index in [1.54, 1.807) is 7.11 Å². The summed E-state index contributed by atoms with van der Waals surface area (Å²) in [5, 5.41) is 2.86. The monoisotopic (exact) mass is 187 g/mol. The number of rotatable bonds is 2. The first-order chi connectivity index (χ1) is 6.13. The van der Waals surface area contributed by atoms with Gasteiger partial charge in [0.2, 0.25) is 5.91 Å². The summed E-state index contributed by atoms with van der Waals surface area (Å²) in [6.07, 6.45) is 1.67. The van der Waals surface area contributed by atoms with Crippen LogP contribution in [0.25, 0.3) is 0 Å². The molecule has 1 rings (SSSR count). The summed E-state index contributed by atoms with van der Waals surface area (Å²) in [5.74, 6) is -0.00341. The van der Waals surface area contributed by atoms with Gasteiger partial charge < -0.3 is 14.8 Å². The molecule has 4 heteroatoms. The van der Waals surface area contributed by atoms with Gasteiger partial charge in [0.25, 0.3) is 0 Å². The third kappa shape index (κ3) is 2.97. The number of carbonyl (C=O) groups is 1. The van der Waals surface area contributed by atoms with E-state index in [1.165, 1.54) is 6.92 Å². The van der Waals surface area contributed by atoms with E-state index in [9.17, 15) is 4.79 Å². The van der Waals surface area contributed by atoms with Crippen molar-refractivity contribution in [1.29, 1.82) is 0 Å². The summed E-state index contributed by atoms with van der Waals surface area (Å²) < 4.78 is 10.6. The summed E-state index contributed by atoms with van der Waals surface area (Å²) in [4.78, 5) is 10.8. The Bertz CT molecular complexity index is 184. The quantitative estimate of drug-likeness (QED) is 0.691. The van der Waals surface area contributed by atoms with Crippen LogP contribution in [0.15, 0.2) is 0 Å². The highest BCUT2D eigenvalue weighted by atomic mass is 16.7. The molecule has 3 atom stereocenters. The molecule has 0 aliphatic carbocycles. The van der Waals surface area contributed by atoms with Gasteiger partial charge in [-0.05, 0) is 13.3 Å². The Labute approximate surface area is 78.6 Å². The van der Waals surface area contributed by atoms with Gasteiger partial charge >= 0.3 is 0 Å². The van der Waals surface area contributed by atoms with Gasteiger partial charge in [-0.2, -0.15) is 0 Å². The van der Waals surface area contributed by atoms with Crippen molar-refractivity contribution in [3.63, 3.8) is 0 Å². The Morgan fingerprint density at radius 1 is 1.54 bits per heavy atom. The van der Waals surface area contributed by atoms with Gasteiger partial charge in [-0.1, -0.05) is 0 Å². The Balaban J connectivity index is 2.39. The normalized spacial score (nSPS) is 34.2. The first-order valence-electron chi connectivity index (χ1n) is 4.59. The van der Waals surface area contributed by atoms with E-state index in [0.717, 1.165) is 12.8 Å². The third-order valence-electron chi connectivity index (χ3n) is 2.30. The maximum atomic E-state index is 10.8. The van der Waals surface area contributed by atoms with Crippen LogP contribution in [0.5, 0.6) is 0 Å². The molecule has 1 aliphatic rings. The molecule has 0 spiro atoms. The van der Waals surface area contributed by atoms with Gasteiger partial charge in [0.1, 0.15) is 0 Å². The molecule has 1 heterocycles. The highest BCUT2D eigenvalue weighted by Crippen LogP contribution is 2.19. The van der Waals surface area contributed by atoms with Crippen molar-refractivity contribution in [3.8, 4) is 0 Å². The molecule has 4 nitrogen and oxygen atoms in total. The molecule has 0 aromatic rings. The first-order valence-corrected chi connectivity index (χ1v) is 4.59. The fourth-order valence-electron chi connectivity index (χ4n) is 1.58. The fourth-order valence-corrected chi connectivity index (χ4v) is 1.58. The van der Waals surface area contributed by atoms with E-state index in [1.807, 2.05) is 6.92 Å². The zero-order valence-electron chi connectivity index (χ0n) is 8.37. The summed E-state index contributed by atoms with van der Waals surface area (Å²) in [6, 6.07) is 0.129. The van der Waals surface area contributed by atoms with Crippen LogP contribution < -0.4 is 5.32 Å². The lowest BCUT2D eigenvalue weighted by Gasteiger charge is -2.33. The maximum Gasteiger partial charge on any atom is 0.217 e. The van der Waals surface area contributed by atoms with Crippen molar-refractivity contribution < 1.29 is 14.3 Å². The molecule has 1 aliphatic heterocycles. The van der Waals surface area contributed by atoms with Crippen LogP contribution in [0.4, 0.5) is 0 Å². The smallest absolute Gasteiger partial charge is 0.217 e. The molecule has 0 unspecified atom stereocenters. The predicted molar refractivity (Wildman–Crippen MR) is 48.2 cm³/mol. The van der Waals surface area contributed by atoms with Gasteiger partial charge in [-0.25, -0.2) is 0 Å². The van der Waals surface area contributed by atoms with Crippen LogP contribution >= 0.6 is 0 Å². The summed E-state index contributed by atoms with van der Waals surface area (Å²) in [6.45, 7) is 3.47. The van der Waals surface area contributed by atoms with Crippen molar-refractivity contribution in [1.82, 2.24) is 5.32 Å². The van der Waals surface area contributed by atoms with Crippen LogP contribution in [0.3, 0.4) is 0 Å². The largest absolute Gasteiger partial charge is 0.356 e. The van der Waals surface area contributed by atoms with Crippen molar-refractivity contribution >= 4 is 5.91 Å². The number of carbonyl (C=O) groups excluding carboxylic acids is 1. The number of ether oxygens (including phenoxy) is 2. The second-order valence-electron chi connectivity index (χ2n) is 3.39. The average molecular weight is 187 g/mol. The molecule has 1 N–H and O–H groups in total. The first kappa shape index (κ1) is 10.5. The van der Waals surface area contributed by atoms with Gasteiger partial charge in [0, 0.05) is 20.5 Å². The molecule has 0 aromatic carbocycles. The fraction of sp³-hybridized carbons (Fsp3) is 0.889. The molecule has 0 saturated carbocycles. The van der Waals surface area contributed by atoms with Crippen molar-refractivity contribution in [2.45, 2.75) is 45.1 Å². The lowest BCUT2D eigenvalue weighted by molar-refractivity contribution is -0.184. The molecule has 0 radical (unpaired) electrons. The van der Waals surface area contributed by atoms with Crippen molar-refractivity contribution in [3.05, 3.63) is 0 Å². The van der Waals surface area contributed by atoms with Gasteiger partial charge in [0.15, 0.2) is 6.29 Å². The summed E-state index contributed by atoms with van der Waals surface area (Å²) >= 11 is 0. The van der Waals surface area contributed by atoms with Gasteiger partial charge in [-0.3, -0.25) is 4.79 Å². The Kier molecular flexibility index (Phi) is 3.69. The minimum atomic E-state index is -0.111. The van der Waals surface area contributed by atoms with Crippen LogP contribution in [-0.2, 0) is 14.3 Å². The van der Waals surface area contributed by atoms with Crippen LogP contribution in [0.2, 0.25) is 0 Å². The zero-order valence-corrected chi connectivity index (χ0v) is 8.37. The van der Waals surface area contributed by atoms with E-state index in [-0.39, 0.29) is 24.3 Å². The van der Waals surface area contributed by atoms with E-state index in [0.29, 0.717) is 0 Å². The lowest BCUT2D eigenvalue weighted by Crippen LogP contribution is -2.47. The summed E-state index contributed by atoms with van der Waals surface area (Å²) in [5.41, 5.74) is 0. The Hall–Kier alpha value is -0.610. The second-order valence-corrected chi connectivity index (χ2v) is 3.39. The molecule has 0 bridgehead atoms. The second kappa shape index (κ2) is 4.58. The maximum absolute atomic E-state index is 10.8. The highest BCUT2D eigenvalue weighted by Gasteiger charge is 2.28. The van der Waals surface area contributed by atoms with E-state index >= 15 is 0 Å². The Morgan fingerprint density at radius 2 is 2.23 bits per heavy atom. The molecule has 0 aromatic heterocycles. The lowest BCUT2D eigenvalue weighted by atomic mass is 10.0. The van der Waals surface area contributed by atoms with Gasteiger partial charge in [0.05, 0.1) is 12.1 Å². The van der Waals surface area contributed by atoms with E-state index in [2.05, 4.69) is 5.32 Å². The molecule has 13 heavy (non-hydrogen) atoms. The minimum absolute atomic E-state index is 0.00341. The molecular formula is C9H17NO3. The SMILES string of the molecule is CO[C@@H]1CC[C@H](NC(C)=O)[C@@H](C)O1. The molecule has 1 fully saturated rings. The Morgan fingerprint density at radius 3 is 2.69 bits per heavy atom. The topological polar surface area (TPSA) is 47.6 Å². The van der Waals surface area contributed by atoms with E-state index in [4.69, 9.17) is 9.47 Å². The van der Waals surface area contributed by atoms with Crippen LogP contribution in [0, 0.1) is 0 Å². The van der Waals surface area contributed by atoms with Crippen LogP contribution in [0.1, 0.15) is 26.7 Å². The average Bonchev–Trinajstić information content (AvgIpc) is 2.08. The number of methoxy groups -OCH3 is 1. The molecular weight excluding hydrogens is 170 g/mol. The van der Waals surface area contributed by atoms with Crippen molar-refractivity contribution in [2.24, 2.45) is 0 Å². The van der Waals surface area contributed by atoms with Crippen LogP contribution in [-0.4, -0.2) is 31.5 Å². The molecule has 1 saturated heterocycles. The predicted octanol–water partition coefficient (Wildman–Crippen LogP) is 0.663. The number of nitrogens with one attached hydrogen (secondary N) is 1. The molecule has 1 amide bonds. The third-order valence-corrected chi connectivity index (χ3v) is 2.30. The van der Waals surface area contributed by atoms with Crippen molar-refractivity contribution in [2.75, 3.05) is 7.11 Å². The number of amides is 1. The zero-order chi connectivity index (χ0) is 9.84. The van der Waals surface area contributed by atoms with E-state index < -0.39 is 0 Å². The minimum Gasteiger partial charge on any atom is -0.356 e. The summed E-state index contributed by atoms with van der Waals surface area (Å²) in [7, 11) is 1.64. The number of hydrogen-bond acceptors (Lipinski definition) is 3. The highest BCUT2D eigenvalue weighted by molar-refractivity contribution is 5.73. The standard InChI is InChI=1S/C9H17NO3/c1-6-8(10-7(2)11)4-5-9(12-3)13-6/h6,8-9H,4-5H2,1-3H3,(H,10,11)/t6-,8+,9+/m1/s1. The number of hydrogen-bond donors (Lipinski definition) is 1. The molecule has 76 valence electrons.